The van der Waals surface area contributed by atoms with Crippen LogP contribution in [0.4, 0.5) is 17.2 Å². The molecule has 0 aliphatic heterocycles. The van der Waals surface area contributed by atoms with Crippen molar-refractivity contribution in [1.82, 2.24) is 4.98 Å². The summed E-state index contributed by atoms with van der Waals surface area (Å²) in [5.74, 6) is 0.912. The van der Waals surface area contributed by atoms with E-state index in [1.165, 1.54) is 16.8 Å². The molecular formula is C15H19N3. The van der Waals surface area contributed by atoms with Gasteiger partial charge in [-0.1, -0.05) is 12.1 Å². The van der Waals surface area contributed by atoms with E-state index in [-0.39, 0.29) is 0 Å². The highest BCUT2D eigenvalue weighted by Crippen LogP contribution is 2.27. The zero-order chi connectivity index (χ0) is 13.3. The van der Waals surface area contributed by atoms with Gasteiger partial charge in [0, 0.05) is 12.7 Å². The number of pyridine rings is 1. The van der Waals surface area contributed by atoms with Crippen molar-refractivity contribution in [1.29, 1.82) is 0 Å². The molecule has 3 heteroatoms. The molecule has 0 aliphatic rings. The summed E-state index contributed by atoms with van der Waals surface area (Å²) in [6, 6.07) is 10.3. The van der Waals surface area contributed by atoms with Crippen LogP contribution in [-0.4, -0.2) is 12.0 Å². The molecule has 0 fully saturated rings. The predicted molar refractivity (Wildman–Crippen MR) is 77.4 cm³/mol. The number of rotatable bonds is 2. The van der Waals surface area contributed by atoms with E-state index in [1.807, 2.05) is 26.1 Å². The first kappa shape index (κ1) is 12.4. The number of aromatic nitrogens is 1. The second-order valence-electron chi connectivity index (χ2n) is 4.69. The molecule has 94 valence electrons. The zero-order valence-electron chi connectivity index (χ0n) is 11.4. The lowest BCUT2D eigenvalue weighted by Gasteiger charge is -2.21. The van der Waals surface area contributed by atoms with Crippen LogP contribution in [0.25, 0.3) is 0 Å². The van der Waals surface area contributed by atoms with Crippen molar-refractivity contribution < 1.29 is 0 Å². The molecule has 2 aromatic rings. The fourth-order valence-corrected chi connectivity index (χ4v) is 1.95. The van der Waals surface area contributed by atoms with Crippen LogP contribution in [0.3, 0.4) is 0 Å². The Bertz CT molecular complexity index is 576. The van der Waals surface area contributed by atoms with Gasteiger partial charge in [-0.2, -0.15) is 0 Å². The topological polar surface area (TPSA) is 42.1 Å². The lowest BCUT2D eigenvalue weighted by molar-refractivity contribution is 1.08. The normalized spacial score (nSPS) is 10.4. The highest BCUT2D eigenvalue weighted by molar-refractivity contribution is 5.65. The van der Waals surface area contributed by atoms with Crippen LogP contribution in [0.2, 0.25) is 0 Å². The molecule has 0 saturated heterocycles. The number of benzene rings is 1. The molecule has 3 nitrogen and oxygen atoms in total. The van der Waals surface area contributed by atoms with E-state index in [1.54, 1.807) is 0 Å². The molecule has 0 bridgehead atoms. The molecule has 0 amide bonds. The molecule has 0 unspecified atom stereocenters. The van der Waals surface area contributed by atoms with E-state index in [0.29, 0.717) is 0 Å². The average Bonchev–Trinajstić information content (AvgIpc) is 2.35. The van der Waals surface area contributed by atoms with Crippen LogP contribution in [0, 0.1) is 20.8 Å². The lowest BCUT2D eigenvalue weighted by Crippen LogP contribution is -2.13. The van der Waals surface area contributed by atoms with Gasteiger partial charge in [0.2, 0.25) is 0 Å². The SMILES string of the molecule is Cc1ccc(C)c(N(C)c2ccc(N)c(C)n2)c1. The summed E-state index contributed by atoms with van der Waals surface area (Å²) in [6.45, 7) is 6.13. The van der Waals surface area contributed by atoms with Crippen molar-refractivity contribution >= 4 is 17.2 Å². The largest absolute Gasteiger partial charge is 0.397 e. The second kappa shape index (κ2) is 4.69. The van der Waals surface area contributed by atoms with Crippen molar-refractivity contribution in [2.45, 2.75) is 20.8 Å². The van der Waals surface area contributed by atoms with Crippen molar-refractivity contribution in [2.75, 3.05) is 17.7 Å². The van der Waals surface area contributed by atoms with Crippen molar-refractivity contribution in [3.05, 3.63) is 47.2 Å². The summed E-state index contributed by atoms with van der Waals surface area (Å²) in [5, 5.41) is 0. The minimum Gasteiger partial charge on any atom is -0.397 e. The molecule has 0 spiro atoms. The first-order valence-electron chi connectivity index (χ1n) is 6.03. The molecule has 0 aliphatic carbocycles. The Balaban J connectivity index is 2.44. The first-order valence-corrected chi connectivity index (χ1v) is 6.03. The molecular weight excluding hydrogens is 222 g/mol. The van der Waals surface area contributed by atoms with E-state index in [9.17, 15) is 0 Å². The standard InChI is InChI=1S/C15H19N3/c1-10-5-6-11(2)14(9-10)18(4)15-8-7-13(16)12(3)17-15/h5-9H,16H2,1-4H3. The monoisotopic (exact) mass is 241 g/mol. The summed E-state index contributed by atoms with van der Waals surface area (Å²) in [5.41, 5.74) is 11.0. The first-order chi connectivity index (χ1) is 8.49. The number of hydrogen-bond acceptors (Lipinski definition) is 3. The van der Waals surface area contributed by atoms with Crippen LogP contribution in [0.1, 0.15) is 16.8 Å². The number of hydrogen-bond donors (Lipinski definition) is 1. The van der Waals surface area contributed by atoms with Crippen molar-refractivity contribution in [2.24, 2.45) is 0 Å². The number of nitrogens with zero attached hydrogens (tertiary/aromatic N) is 2. The van der Waals surface area contributed by atoms with Gasteiger partial charge in [0.05, 0.1) is 11.4 Å². The van der Waals surface area contributed by atoms with Crippen LogP contribution >= 0.6 is 0 Å². The quantitative estimate of drug-likeness (QED) is 0.876. The summed E-state index contributed by atoms with van der Waals surface area (Å²) in [4.78, 5) is 6.61. The Kier molecular flexibility index (Phi) is 3.24. The predicted octanol–water partition coefficient (Wildman–Crippen LogP) is 3.36. The van der Waals surface area contributed by atoms with Crippen molar-refractivity contribution in [3.8, 4) is 0 Å². The van der Waals surface area contributed by atoms with Gasteiger partial charge < -0.3 is 10.6 Å². The number of anilines is 3. The molecule has 1 aromatic heterocycles. The van der Waals surface area contributed by atoms with E-state index in [4.69, 9.17) is 5.73 Å². The maximum absolute atomic E-state index is 5.80. The van der Waals surface area contributed by atoms with Crippen LogP contribution in [0.15, 0.2) is 30.3 Å². The third kappa shape index (κ3) is 2.30. The van der Waals surface area contributed by atoms with Gasteiger partial charge in [0.25, 0.3) is 0 Å². The van der Waals surface area contributed by atoms with E-state index in [0.717, 1.165) is 17.2 Å². The average molecular weight is 241 g/mol. The third-order valence-corrected chi connectivity index (χ3v) is 3.18. The van der Waals surface area contributed by atoms with E-state index in [2.05, 4.69) is 41.9 Å². The number of nitrogens with two attached hydrogens (primary N) is 1. The molecule has 1 aromatic carbocycles. The summed E-state index contributed by atoms with van der Waals surface area (Å²) in [6.07, 6.45) is 0. The molecule has 0 atom stereocenters. The lowest BCUT2D eigenvalue weighted by atomic mass is 10.1. The van der Waals surface area contributed by atoms with Crippen molar-refractivity contribution in [3.63, 3.8) is 0 Å². The van der Waals surface area contributed by atoms with E-state index < -0.39 is 0 Å². The molecule has 2 rings (SSSR count). The summed E-state index contributed by atoms with van der Waals surface area (Å²) in [7, 11) is 2.03. The highest BCUT2D eigenvalue weighted by Gasteiger charge is 2.09. The van der Waals surface area contributed by atoms with Gasteiger partial charge in [-0.3, -0.25) is 0 Å². The van der Waals surface area contributed by atoms with Crippen LogP contribution in [0.5, 0.6) is 0 Å². The molecule has 1 heterocycles. The van der Waals surface area contributed by atoms with Gasteiger partial charge in [0.1, 0.15) is 5.82 Å². The fraction of sp³-hybridized carbons (Fsp3) is 0.267. The Morgan fingerprint density at radius 2 is 1.78 bits per heavy atom. The van der Waals surface area contributed by atoms with Gasteiger partial charge in [-0.25, -0.2) is 4.98 Å². The maximum Gasteiger partial charge on any atom is 0.133 e. The van der Waals surface area contributed by atoms with Crippen LogP contribution < -0.4 is 10.6 Å². The van der Waals surface area contributed by atoms with Gasteiger partial charge in [-0.05, 0) is 50.1 Å². The molecule has 0 saturated carbocycles. The summed E-state index contributed by atoms with van der Waals surface area (Å²) >= 11 is 0. The number of nitrogen functional groups attached to an aromatic ring is 1. The molecule has 18 heavy (non-hydrogen) atoms. The second-order valence-corrected chi connectivity index (χ2v) is 4.69. The Morgan fingerprint density at radius 3 is 2.44 bits per heavy atom. The molecule has 2 N–H and O–H groups in total. The van der Waals surface area contributed by atoms with Crippen LogP contribution in [-0.2, 0) is 0 Å². The van der Waals surface area contributed by atoms with Gasteiger partial charge >= 0.3 is 0 Å². The highest BCUT2D eigenvalue weighted by atomic mass is 15.2. The summed E-state index contributed by atoms with van der Waals surface area (Å²) < 4.78 is 0. The minimum atomic E-state index is 0.730. The van der Waals surface area contributed by atoms with Gasteiger partial charge in [-0.15, -0.1) is 0 Å². The zero-order valence-corrected chi connectivity index (χ0v) is 11.4. The van der Waals surface area contributed by atoms with Gasteiger partial charge in [0.15, 0.2) is 0 Å². The Labute approximate surface area is 108 Å². The number of aryl methyl sites for hydroxylation is 3. The molecule has 0 radical (unpaired) electrons. The smallest absolute Gasteiger partial charge is 0.133 e. The third-order valence-electron chi connectivity index (χ3n) is 3.18. The Hall–Kier alpha value is -2.03. The Morgan fingerprint density at radius 1 is 1.06 bits per heavy atom. The minimum absolute atomic E-state index is 0.730. The fourth-order valence-electron chi connectivity index (χ4n) is 1.95. The van der Waals surface area contributed by atoms with E-state index >= 15 is 0 Å². The maximum atomic E-state index is 5.80.